The number of alkyl halides is 2. The van der Waals surface area contributed by atoms with Crippen LogP contribution in [0.5, 0.6) is 0 Å². The van der Waals surface area contributed by atoms with E-state index in [1.54, 1.807) is 19.2 Å². The molecule has 0 amide bonds. The van der Waals surface area contributed by atoms with Gasteiger partial charge in [-0.1, -0.05) is 0 Å². The first-order valence-corrected chi connectivity index (χ1v) is 3.80. The monoisotopic (exact) mass is 187 g/mol. The van der Waals surface area contributed by atoms with Gasteiger partial charge in [0.25, 0.3) is 6.43 Å². The third-order valence-corrected chi connectivity index (χ3v) is 1.57. The van der Waals surface area contributed by atoms with Gasteiger partial charge in [-0.05, 0) is 12.1 Å². The minimum Gasteiger partial charge on any atom is -0.397 e. The van der Waals surface area contributed by atoms with Gasteiger partial charge in [0, 0.05) is 7.05 Å². The standard InChI is InChI=1S/C8H11F2N3/c1-13(5-7(9)10)8-3-2-6(11)4-12-8/h2-4,7H,5,11H2,1H3. The van der Waals surface area contributed by atoms with Crippen LogP contribution in [-0.4, -0.2) is 25.0 Å². The number of nitrogens with zero attached hydrogens (tertiary/aromatic N) is 2. The van der Waals surface area contributed by atoms with Crippen LogP contribution in [0.2, 0.25) is 0 Å². The minimum absolute atomic E-state index is 0.323. The highest BCUT2D eigenvalue weighted by Crippen LogP contribution is 2.11. The van der Waals surface area contributed by atoms with E-state index in [2.05, 4.69) is 4.98 Å². The molecule has 0 saturated carbocycles. The summed E-state index contributed by atoms with van der Waals surface area (Å²) < 4.78 is 23.9. The van der Waals surface area contributed by atoms with Gasteiger partial charge in [-0.25, -0.2) is 13.8 Å². The van der Waals surface area contributed by atoms with Crippen molar-refractivity contribution in [2.45, 2.75) is 6.43 Å². The number of rotatable bonds is 3. The first kappa shape index (κ1) is 9.70. The lowest BCUT2D eigenvalue weighted by Crippen LogP contribution is -2.24. The number of nitrogen functional groups attached to an aromatic ring is 1. The third kappa shape index (κ3) is 2.85. The molecule has 1 rings (SSSR count). The summed E-state index contributed by atoms with van der Waals surface area (Å²) in [6.07, 6.45) is -0.915. The second-order valence-electron chi connectivity index (χ2n) is 2.72. The number of halogens is 2. The Balaban J connectivity index is 2.66. The maximum Gasteiger partial charge on any atom is 0.255 e. The highest BCUT2D eigenvalue weighted by atomic mass is 19.3. The highest BCUT2D eigenvalue weighted by Gasteiger charge is 2.08. The lowest BCUT2D eigenvalue weighted by atomic mass is 10.4. The van der Waals surface area contributed by atoms with Crippen LogP contribution < -0.4 is 10.6 Å². The third-order valence-electron chi connectivity index (χ3n) is 1.57. The van der Waals surface area contributed by atoms with Crippen molar-refractivity contribution >= 4 is 11.5 Å². The Morgan fingerprint density at radius 1 is 1.54 bits per heavy atom. The SMILES string of the molecule is CN(CC(F)F)c1ccc(N)cn1. The van der Waals surface area contributed by atoms with E-state index in [1.807, 2.05) is 0 Å². The van der Waals surface area contributed by atoms with Gasteiger partial charge >= 0.3 is 0 Å². The fourth-order valence-electron chi connectivity index (χ4n) is 0.924. The lowest BCUT2D eigenvalue weighted by Gasteiger charge is -2.16. The summed E-state index contributed by atoms with van der Waals surface area (Å²) in [5.41, 5.74) is 5.92. The molecule has 1 heterocycles. The van der Waals surface area contributed by atoms with Crippen LogP contribution in [0.15, 0.2) is 18.3 Å². The number of hydrogen-bond acceptors (Lipinski definition) is 3. The molecular weight excluding hydrogens is 176 g/mol. The average Bonchev–Trinajstić information content (AvgIpc) is 2.04. The maximum absolute atomic E-state index is 12.0. The molecule has 0 aliphatic carbocycles. The van der Waals surface area contributed by atoms with Crippen LogP contribution in [0.4, 0.5) is 20.3 Å². The Labute approximate surface area is 75.2 Å². The number of nitrogens with two attached hydrogens (primary N) is 1. The van der Waals surface area contributed by atoms with Crippen LogP contribution in [0, 0.1) is 0 Å². The van der Waals surface area contributed by atoms with Crippen LogP contribution in [0.3, 0.4) is 0 Å². The second-order valence-corrected chi connectivity index (χ2v) is 2.72. The number of anilines is 2. The molecule has 0 aromatic carbocycles. The fourth-order valence-corrected chi connectivity index (χ4v) is 0.924. The van der Waals surface area contributed by atoms with Crippen molar-refractivity contribution < 1.29 is 8.78 Å². The summed E-state index contributed by atoms with van der Waals surface area (Å²) in [6.45, 7) is -0.323. The van der Waals surface area contributed by atoms with E-state index in [-0.39, 0.29) is 6.54 Å². The molecule has 1 aromatic rings. The molecule has 0 fully saturated rings. The molecule has 1 aromatic heterocycles. The molecule has 5 heteroatoms. The number of pyridine rings is 1. The van der Waals surface area contributed by atoms with E-state index in [0.717, 1.165) is 0 Å². The molecule has 0 bridgehead atoms. The van der Waals surface area contributed by atoms with Gasteiger partial charge in [0.15, 0.2) is 0 Å². The number of aromatic nitrogens is 1. The molecule has 0 aliphatic rings. The molecule has 2 N–H and O–H groups in total. The van der Waals surface area contributed by atoms with Gasteiger partial charge in [0.1, 0.15) is 5.82 Å². The van der Waals surface area contributed by atoms with E-state index in [9.17, 15) is 8.78 Å². The van der Waals surface area contributed by atoms with Crippen LogP contribution in [-0.2, 0) is 0 Å². The van der Waals surface area contributed by atoms with Crippen molar-refractivity contribution in [2.24, 2.45) is 0 Å². The lowest BCUT2D eigenvalue weighted by molar-refractivity contribution is 0.156. The summed E-state index contributed by atoms with van der Waals surface area (Å²) in [7, 11) is 1.56. The molecular formula is C8H11F2N3. The topological polar surface area (TPSA) is 42.1 Å². The van der Waals surface area contributed by atoms with Crippen molar-refractivity contribution in [3.8, 4) is 0 Å². The Hall–Kier alpha value is -1.39. The molecule has 0 atom stereocenters. The highest BCUT2D eigenvalue weighted by molar-refractivity contribution is 5.45. The summed E-state index contributed by atoms with van der Waals surface area (Å²) in [6, 6.07) is 3.24. The van der Waals surface area contributed by atoms with Gasteiger partial charge in [-0.2, -0.15) is 0 Å². The second kappa shape index (κ2) is 4.02. The van der Waals surface area contributed by atoms with Crippen molar-refractivity contribution in [3.63, 3.8) is 0 Å². The molecule has 13 heavy (non-hydrogen) atoms. The summed E-state index contributed by atoms with van der Waals surface area (Å²) in [5.74, 6) is 0.495. The van der Waals surface area contributed by atoms with E-state index >= 15 is 0 Å². The summed E-state index contributed by atoms with van der Waals surface area (Å²) >= 11 is 0. The minimum atomic E-state index is -2.36. The Morgan fingerprint density at radius 3 is 2.69 bits per heavy atom. The molecule has 0 radical (unpaired) electrons. The van der Waals surface area contributed by atoms with Crippen LogP contribution in [0.1, 0.15) is 0 Å². The predicted octanol–water partition coefficient (Wildman–Crippen LogP) is 1.37. The smallest absolute Gasteiger partial charge is 0.255 e. The molecule has 0 aliphatic heterocycles. The van der Waals surface area contributed by atoms with Crippen molar-refractivity contribution in [1.82, 2.24) is 4.98 Å². The first-order valence-electron chi connectivity index (χ1n) is 3.80. The Kier molecular flexibility index (Phi) is 3.00. The number of hydrogen-bond donors (Lipinski definition) is 1. The Bertz CT molecular complexity index is 261. The first-order chi connectivity index (χ1) is 6.09. The van der Waals surface area contributed by atoms with Crippen LogP contribution >= 0.6 is 0 Å². The van der Waals surface area contributed by atoms with E-state index < -0.39 is 6.43 Å². The summed E-state index contributed by atoms with van der Waals surface area (Å²) in [5, 5.41) is 0. The van der Waals surface area contributed by atoms with Crippen molar-refractivity contribution in [3.05, 3.63) is 18.3 Å². The van der Waals surface area contributed by atoms with Crippen LogP contribution in [0.25, 0.3) is 0 Å². The zero-order valence-electron chi connectivity index (χ0n) is 7.24. The zero-order chi connectivity index (χ0) is 9.84. The molecule has 0 unspecified atom stereocenters. The average molecular weight is 187 g/mol. The van der Waals surface area contributed by atoms with Crippen molar-refractivity contribution in [2.75, 3.05) is 24.2 Å². The normalized spacial score (nSPS) is 10.5. The van der Waals surface area contributed by atoms with Gasteiger partial charge in [-0.3, -0.25) is 0 Å². The van der Waals surface area contributed by atoms with E-state index in [0.29, 0.717) is 11.5 Å². The predicted molar refractivity (Wildman–Crippen MR) is 47.9 cm³/mol. The van der Waals surface area contributed by atoms with Crippen molar-refractivity contribution in [1.29, 1.82) is 0 Å². The zero-order valence-corrected chi connectivity index (χ0v) is 7.24. The van der Waals surface area contributed by atoms with Gasteiger partial charge in [-0.15, -0.1) is 0 Å². The van der Waals surface area contributed by atoms with Gasteiger partial charge in [0.05, 0.1) is 18.4 Å². The molecule has 0 saturated heterocycles. The van der Waals surface area contributed by atoms with E-state index in [1.165, 1.54) is 11.1 Å². The van der Waals surface area contributed by atoms with Gasteiger partial charge < -0.3 is 10.6 Å². The summed E-state index contributed by atoms with van der Waals surface area (Å²) in [4.78, 5) is 5.28. The molecule has 72 valence electrons. The molecule has 3 nitrogen and oxygen atoms in total. The fraction of sp³-hybridized carbons (Fsp3) is 0.375. The quantitative estimate of drug-likeness (QED) is 0.777. The van der Waals surface area contributed by atoms with Gasteiger partial charge in [0.2, 0.25) is 0 Å². The maximum atomic E-state index is 12.0. The Morgan fingerprint density at radius 2 is 2.23 bits per heavy atom. The largest absolute Gasteiger partial charge is 0.397 e. The molecule has 0 spiro atoms. The van der Waals surface area contributed by atoms with E-state index in [4.69, 9.17) is 5.73 Å².